The Hall–Kier alpha value is -1.06. The number of nitrogens with one attached hydrogen (secondary N) is 3. The van der Waals surface area contributed by atoms with E-state index in [1.54, 1.807) is 14.1 Å². The molecule has 2 amide bonds. The van der Waals surface area contributed by atoms with Gasteiger partial charge in [-0.25, -0.2) is 4.99 Å². The Morgan fingerprint density at radius 3 is 2.43 bits per heavy atom. The molecular formula is C15H28IN5O2. The first-order valence-electron chi connectivity index (χ1n) is 8.09. The molecule has 23 heavy (non-hydrogen) atoms. The number of rotatable bonds is 4. The molecule has 0 bridgehead atoms. The van der Waals surface area contributed by atoms with Crippen molar-refractivity contribution in [3.63, 3.8) is 0 Å². The fourth-order valence-electron chi connectivity index (χ4n) is 2.73. The number of likely N-dealkylation sites (N-methyl/N-ethyl adjacent to an activating group) is 1. The van der Waals surface area contributed by atoms with Crippen molar-refractivity contribution in [3.8, 4) is 0 Å². The second-order valence-corrected chi connectivity index (χ2v) is 6.26. The van der Waals surface area contributed by atoms with Crippen molar-refractivity contribution in [1.82, 2.24) is 20.9 Å². The van der Waals surface area contributed by atoms with Gasteiger partial charge in [-0.15, -0.1) is 24.0 Å². The minimum absolute atomic E-state index is 0. The molecule has 2 rings (SSSR count). The molecule has 7 nitrogen and oxygen atoms in total. The van der Waals surface area contributed by atoms with E-state index in [1.165, 1.54) is 17.7 Å². The number of piperidine rings is 1. The molecule has 2 fully saturated rings. The van der Waals surface area contributed by atoms with E-state index < -0.39 is 0 Å². The lowest BCUT2D eigenvalue weighted by atomic mass is 10.1. The SMILES string of the molecule is CN(C)C(=O)CN=C(NC1CCCC1)NC1CCC(=O)NC1.I. The standard InChI is InChI=1S/C15H27N5O2.HI/c1-20(2)14(22)10-17-15(18-11-5-3-4-6-11)19-12-7-8-13(21)16-9-12;/h11-12H,3-10H2,1-2H3,(H,16,21)(H2,17,18,19);1H. The summed E-state index contributed by atoms with van der Waals surface area (Å²) in [5, 5.41) is 9.63. The molecule has 1 heterocycles. The number of halogens is 1. The molecule has 1 unspecified atom stereocenters. The molecule has 1 saturated carbocycles. The molecule has 0 radical (unpaired) electrons. The number of guanidine groups is 1. The fraction of sp³-hybridized carbons (Fsp3) is 0.800. The number of nitrogens with zero attached hydrogens (tertiary/aromatic N) is 2. The molecule has 0 aromatic rings. The van der Waals surface area contributed by atoms with Crippen LogP contribution in [0.4, 0.5) is 0 Å². The molecule has 0 spiro atoms. The minimum Gasteiger partial charge on any atom is -0.354 e. The van der Waals surface area contributed by atoms with Gasteiger partial charge in [-0.2, -0.15) is 0 Å². The average molecular weight is 437 g/mol. The largest absolute Gasteiger partial charge is 0.354 e. The van der Waals surface area contributed by atoms with Crippen LogP contribution in [0.1, 0.15) is 38.5 Å². The van der Waals surface area contributed by atoms with Gasteiger partial charge in [-0.3, -0.25) is 9.59 Å². The normalized spacial score (nSPS) is 22.1. The van der Waals surface area contributed by atoms with Crippen LogP contribution >= 0.6 is 24.0 Å². The van der Waals surface area contributed by atoms with Crippen LogP contribution in [-0.2, 0) is 9.59 Å². The lowest BCUT2D eigenvalue weighted by Crippen LogP contribution is -2.53. The second-order valence-electron chi connectivity index (χ2n) is 6.26. The number of amides is 2. The maximum absolute atomic E-state index is 11.7. The third-order valence-corrected chi connectivity index (χ3v) is 4.17. The molecule has 0 aromatic heterocycles. The molecule has 1 aliphatic heterocycles. The highest BCUT2D eigenvalue weighted by molar-refractivity contribution is 14.0. The molecule has 1 atom stereocenters. The summed E-state index contributed by atoms with van der Waals surface area (Å²) < 4.78 is 0. The van der Waals surface area contributed by atoms with Crippen molar-refractivity contribution < 1.29 is 9.59 Å². The Kier molecular flexibility index (Phi) is 8.64. The maximum atomic E-state index is 11.7. The molecule has 1 aliphatic carbocycles. The summed E-state index contributed by atoms with van der Waals surface area (Å²) in [6.07, 6.45) is 6.08. The Bertz CT molecular complexity index is 426. The maximum Gasteiger partial charge on any atom is 0.243 e. The summed E-state index contributed by atoms with van der Waals surface area (Å²) >= 11 is 0. The van der Waals surface area contributed by atoms with Crippen molar-refractivity contribution in [3.05, 3.63) is 0 Å². The summed E-state index contributed by atoms with van der Waals surface area (Å²) in [6.45, 7) is 0.736. The van der Waals surface area contributed by atoms with Crippen molar-refractivity contribution in [2.75, 3.05) is 27.2 Å². The Balaban J connectivity index is 0.00000264. The topological polar surface area (TPSA) is 85.8 Å². The highest BCUT2D eigenvalue weighted by Crippen LogP contribution is 2.17. The number of carbonyl (C=O) groups is 2. The van der Waals surface area contributed by atoms with Gasteiger partial charge >= 0.3 is 0 Å². The summed E-state index contributed by atoms with van der Waals surface area (Å²) in [6, 6.07) is 0.596. The number of carbonyl (C=O) groups excluding carboxylic acids is 2. The van der Waals surface area contributed by atoms with E-state index in [4.69, 9.17) is 0 Å². The molecule has 3 N–H and O–H groups in total. The Labute approximate surface area is 155 Å². The molecule has 0 aromatic carbocycles. The third-order valence-electron chi connectivity index (χ3n) is 4.17. The zero-order valence-corrected chi connectivity index (χ0v) is 16.3. The quantitative estimate of drug-likeness (QED) is 0.339. The van der Waals surface area contributed by atoms with Gasteiger partial charge in [-0.05, 0) is 19.3 Å². The van der Waals surface area contributed by atoms with Crippen LogP contribution in [0.25, 0.3) is 0 Å². The zero-order chi connectivity index (χ0) is 15.9. The van der Waals surface area contributed by atoms with E-state index in [9.17, 15) is 9.59 Å². The number of aliphatic imine (C=N–C) groups is 1. The Morgan fingerprint density at radius 2 is 1.87 bits per heavy atom. The van der Waals surface area contributed by atoms with E-state index in [-0.39, 0.29) is 48.4 Å². The summed E-state index contributed by atoms with van der Waals surface area (Å²) in [7, 11) is 3.46. The van der Waals surface area contributed by atoms with Crippen LogP contribution in [0, 0.1) is 0 Å². The van der Waals surface area contributed by atoms with Crippen LogP contribution in [0.2, 0.25) is 0 Å². The highest BCUT2D eigenvalue weighted by atomic mass is 127. The van der Waals surface area contributed by atoms with E-state index in [0.717, 1.165) is 19.3 Å². The van der Waals surface area contributed by atoms with Crippen molar-refractivity contribution in [2.45, 2.75) is 50.6 Å². The summed E-state index contributed by atoms with van der Waals surface area (Å²) in [5.41, 5.74) is 0. The first kappa shape index (κ1) is 20.0. The van der Waals surface area contributed by atoms with Gasteiger partial charge in [-0.1, -0.05) is 12.8 Å². The van der Waals surface area contributed by atoms with Crippen LogP contribution in [0.3, 0.4) is 0 Å². The van der Waals surface area contributed by atoms with Gasteiger partial charge in [0.2, 0.25) is 11.8 Å². The summed E-state index contributed by atoms with van der Waals surface area (Å²) in [4.78, 5) is 28.9. The van der Waals surface area contributed by atoms with Crippen molar-refractivity contribution in [1.29, 1.82) is 0 Å². The summed E-state index contributed by atoms with van der Waals surface area (Å²) in [5.74, 6) is 0.760. The fourth-order valence-corrected chi connectivity index (χ4v) is 2.73. The van der Waals surface area contributed by atoms with Crippen LogP contribution < -0.4 is 16.0 Å². The van der Waals surface area contributed by atoms with Crippen LogP contribution in [0.5, 0.6) is 0 Å². The number of hydrogen-bond acceptors (Lipinski definition) is 3. The number of hydrogen-bond donors (Lipinski definition) is 3. The predicted octanol–water partition coefficient (Wildman–Crippen LogP) is 0.449. The van der Waals surface area contributed by atoms with Crippen LogP contribution in [0.15, 0.2) is 4.99 Å². The first-order chi connectivity index (χ1) is 10.5. The first-order valence-corrected chi connectivity index (χ1v) is 8.09. The molecule has 8 heteroatoms. The van der Waals surface area contributed by atoms with Gasteiger partial charge in [0.1, 0.15) is 6.54 Å². The van der Waals surface area contributed by atoms with Gasteiger partial charge in [0, 0.05) is 39.1 Å². The smallest absolute Gasteiger partial charge is 0.243 e. The molecule has 1 saturated heterocycles. The lowest BCUT2D eigenvalue weighted by molar-refractivity contribution is -0.127. The van der Waals surface area contributed by atoms with Gasteiger partial charge in [0.25, 0.3) is 0 Å². The minimum atomic E-state index is -0.0236. The van der Waals surface area contributed by atoms with Crippen LogP contribution in [-0.4, -0.2) is 61.9 Å². The Morgan fingerprint density at radius 1 is 1.22 bits per heavy atom. The highest BCUT2D eigenvalue weighted by Gasteiger charge is 2.21. The van der Waals surface area contributed by atoms with Crippen molar-refractivity contribution in [2.24, 2.45) is 4.99 Å². The van der Waals surface area contributed by atoms with E-state index in [0.29, 0.717) is 25.0 Å². The molecule has 2 aliphatic rings. The third kappa shape index (κ3) is 6.92. The predicted molar refractivity (Wildman–Crippen MR) is 101 cm³/mol. The van der Waals surface area contributed by atoms with E-state index in [2.05, 4.69) is 20.9 Å². The monoisotopic (exact) mass is 437 g/mol. The molecular weight excluding hydrogens is 409 g/mol. The van der Waals surface area contributed by atoms with E-state index in [1.807, 2.05) is 0 Å². The second kappa shape index (κ2) is 9.94. The van der Waals surface area contributed by atoms with E-state index >= 15 is 0 Å². The van der Waals surface area contributed by atoms with Gasteiger partial charge < -0.3 is 20.9 Å². The zero-order valence-electron chi connectivity index (χ0n) is 13.9. The molecule has 132 valence electrons. The van der Waals surface area contributed by atoms with Gasteiger partial charge in [0.15, 0.2) is 5.96 Å². The lowest BCUT2D eigenvalue weighted by Gasteiger charge is -2.27. The van der Waals surface area contributed by atoms with Gasteiger partial charge in [0.05, 0.1) is 0 Å². The average Bonchev–Trinajstić information content (AvgIpc) is 2.99. The van der Waals surface area contributed by atoms with Crippen molar-refractivity contribution >= 4 is 41.8 Å².